The van der Waals surface area contributed by atoms with Crippen LogP contribution >= 0.6 is 23.2 Å². The molecular formula is C30H35Cl2N3O5S. The Kier molecular flexibility index (Phi) is 11.5. The van der Waals surface area contributed by atoms with Crippen molar-refractivity contribution in [3.63, 3.8) is 0 Å². The molecule has 0 fully saturated rings. The number of anilines is 1. The van der Waals surface area contributed by atoms with Gasteiger partial charge in [0.25, 0.3) is 0 Å². The van der Waals surface area contributed by atoms with E-state index in [0.29, 0.717) is 34.5 Å². The van der Waals surface area contributed by atoms with E-state index in [0.717, 1.165) is 16.1 Å². The Morgan fingerprint density at radius 2 is 1.51 bits per heavy atom. The lowest BCUT2D eigenvalue weighted by Crippen LogP contribution is -2.51. The molecule has 1 unspecified atom stereocenters. The topological polar surface area (TPSA) is 96.0 Å². The van der Waals surface area contributed by atoms with E-state index < -0.39 is 28.5 Å². The van der Waals surface area contributed by atoms with Crippen LogP contribution in [0.15, 0.2) is 72.8 Å². The van der Waals surface area contributed by atoms with Crippen LogP contribution in [0.2, 0.25) is 10.0 Å². The predicted molar refractivity (Wildman–Crippen MR) is 164 cm³/mol. The number of amides is 2. The number of halogens is 2. The second-order valence-corrected chi connectivity index (χ2v) is 12.8. The maximum Gasteiger partial charge on any atom is 0.244 e. The summed E-state index contributed by atoms with van der Waals surface area (Å²) >= 11 is 12.8. The number of sulfonamides is 1. The van der Waals surface area contributed by atoms with Gasteiger partial charge >= 0.3 is 0 Å². The second kappa shape index (κ2) is 14.6. The molecule has 0 saturated carbocycles. The molecule has 0 heterocycles. The number of hydrogen-bond acceptors (Lipinski definition) is 5. The number of benzene rings is 3. The van der Waals surface area contributed by atoms with Crippen molar-refractivity contribution in [1.82, 2.24) is 10.2 Å². The van der Waals surface area contributed by atoms with Crippen LogP contribution in [0.25, 0.3) is 0 Å². The first kappa shape index (κ1) is 32.2. The number of carbonyl (C=O) groups is 2. The number of carbonyl (C=O) groups excluding carboxylic acids is 2. The van der Waals surface area contributed by atoms with Crippen molar-refractivity contribution in [3.8, 4) is 5.75 Å². The zero-order valence-electron chi connectivity index (χ0n) is 23.5. The molecule has 0 aliphatic heterocycles. The highest BCUT2D eigenvalue weighted by Crippen LogP contribution is 2.28. The summed E-state index contributed by atoms with van der Waals surface area (Å²) < 4.78 is 32.5. The van der Waals surface area contributed by atoms with E-state index in [4.69, 9.17) is 27.9 Å². The zero-order valence-corrected chi connectivity index (χ0v) is 25.8. The fourth-order valence-electron chi connectivity index (χ4n) is 3.95. The van der Waals surface area contributed by atoms with Crippen LogP contribution in [0, 0.1) is 5.92 Å². The highest BCUT2D eigenvalue weighted by atomic mass is 35.5. The lowest BCUT2D eigenvalue weighted by atomic mass is 10.1. The first-order valence-corrected chi connectivity index (χ1v) is 15.7. The van der Waals surface area contributed by atoms with Crippen molar-refractivity contribution >= 4 is 50.7 Å². The Morgan fingerprint density at radius 1 is 0.902 bits per heavy atom. The van der Waals surface area contributed by atoms with Gasteiger partial charge in [-0.1, -0.05) is 73.4 Å². The van der Waals surface area contributed by atoms with Crippen molar-refractivity contribution in [2.24, 2.45) is 5.92 Å². The number of hydrogen-bond donors (Lipinski definition) is 1. The average Bonchev–Trinajstić information content (AvgIpc) is 2.93. The second-order valence-electron chi connectivity index (χ2n) is 10.1. The van der Waals surface area contributed by atoms with Gasteiger partial charge in [0.05, 0.1) is 11.9 Å². The van der Waals surface area contributed by atoms with Crippen LogP contribution in [-0.2, 0) is 32.8 Å². The van der Waals surface area contributed by atoms with Crippen LogP contribution in [0.5, 0.6) is 5.75 Å². The Hall–Kier alpha value is -3.27. The van der Waals surface area contributed by atoms with E-state index in [2.05, 4.69) is 5.32 Å². The summed E-state index contributed by atoms with van der Waals surface area (Å²) in [6.45, 7) is 5.65. The van der Waals surface area contributed by atoms with Gasteiger partial charge < -0.3 is 15.0 Å². The summed E-state index contributed by atoms with van der Waals surface area (Å²) in [6, 6.07) is 20.1. The molecule has 1 atom stereocenters. The summed E-state index contributed by atoms with van der Waals surface area (Å²) in [6.07, 6.45) is 1.02. The number of nitrogens with one attached hydrogen (secondary N) is 1. The minimum atomic E-state index is -3.88. The maximum atomic E-state index is 13.7. The largest absolute Gasteiger partial charge is 0.489 e. The van der Waals surface area contributed by atoms with Gasteiger partial charge in [-0.2, -0.15) is 0 Å². The normalized spacial score (nSPS) is 12.1. The quantitative estimate of drug-likeness (QED) is 0.271. The minimum Gasteiger partial charge on any atom is -0.489 e. The fraction of sp³-hybridized carbons (Fsp3) is 0.333. The average molecular weight is 621 g/mol. The molecule has 220 valence electrons. The molecule has 0 aliphatic rings. The zero-order chi connectivity index (χ0) is 30.2. The molecule has 3 aromatic carbocycles. The van der Waals surface area contributed by atoms with Crippen molar-refractivity contribution in [2.75, 3.05) is 23.7 Å². The maximum absolute atomic E-state index is 13.7. The van der Waals surface area contributed by atoms with Gasteiger partial charge in [-0.15, -0.1) is 0 Å². The monoisotopic (exact) mass is 619 g/mol. The third-order valence-corrected chi connectivity index (χ3v) is 8.14. The van der Waals surface area contributed by atoms with Gasteiger partial charge in [-0.05, 0) is 54.8 Å². The van der Waals surface area contributed by atoms with E-state index in [9.17, 15) is 18.0 Å². The SMILES string of the molecule is CC(C)CNC(=O)C(C)N(Cc1c(Cl)cccc1Cl)C(=O)CN(c1ccc(OCc2ccccc2)cc1)S(C)(=O)=O. The molecule has 0 aliphatic carbocycles. The van der Waals surface area contributed by atoms with Gasteiger partial charge in [0.1, 0.15) is 24.9 Å². The van der Waals surface area contributed by atoms with Gasteiger partial charge in [-0.25, -0.2) is 8.42 Å². The summed E-state index contributed by atoms with van der Waals surface area (Å²) in [5, 5.41) is 3.49. The van der Waals surface area contributed by atoms with Crippen LogP contribution in [0.1, 0.15) is 31.9 Å². The minimum absolute atomic E-state index is 0.0858. The third kappa shape index (κ3) is 9.38. The molecule has 3 rings (SSSR count). The molecule has 0 radical (unpaired) electrons. The highest BCUT2D eigenvalue weighted by molar-refractivity contribution is 7.92. The Balaban J connectivity index is 1.85. The molecule has 2 amide bonds. The summed E-state index contributed by atoms with van der Waals surface area (Å²) in [7, 11) is -3.88. The number of ether oxygens (including phenoxy) is 1. The van der Waals surface area contributed by atoms with Crippen LogP contribution in [0.4, 0.5) is 5.69 Å². The Morgan fingerprint density at radius 3 is 2.07 bits per heavy atom. The van der Waals surface area contributed by atoms with Crippen LogP contribution < -0.4 is 14.4 Å². The smallest absolute Gasteiger partial charge is 0.244 e. The van der Waals surface area contributed by atoms with Crippen LogP contribution in [-0.4, -0.2) is 50.5 Å². The standard InChI is InChI=1S/C30H35Cl2N3O5S/c1-21(2)17-33-30(37)22(3)34(18-26-27(31)11-8-12-28(26)32)29(36)19-35(41(4,38)39)24-13-15-25(16-14-24)40-20-23-9-6-5-7-10-23/h5-16,21-22H,17-20H2,1-4H3,(H,33,37). The highest BCUT2D eigenvalue weighted by Gasteiger charge is 2.31. The molecule has 11 heteroatoms. The van der Waals surface area contributed by atoms with Crippen molar-refractivity contribution < 1.29 is 22.7 Å². The molecule has 41 heavy (non-hydrogen) atoms. The molecule has 3 aromatic rings. The van der Waals surface area contributed by atoms with E-state index >= 15 is 0 Å². The van der Waals surface area contributed by atoms with E-state index in [1.54, 1.807) is 49.4 Å². The first-order chi connectivity index (χ1) is 19.4. The van der Waals surface area contributed by atoms with Crippen molar-refractivity contribution in [1.29, 1.82) is 0 Å². The van der Waals surface area contributed by atoms with Gasteiger partial charge in [0.15, 0.2) is 0 Å². The molecule has 0 bridgehead atoms. The molecule has 1 N–H and O–H groups in total. The summed E-state index contributed by atoms with van der Waals surface area (Å²) in [5.74, 6) is -0.222. The molecule has 0 saturated heterocycles. The van der Waals surface area contributed by atoms with Gasteiger partial charge in [0, 0.05) is 28.7 Å². The predicted octanol–water partition coefficient (Wildman–Crippen LogP) is 5.53. The fourth-order valence-corrected chi connectivity index (χ4v) is 5.32. The van der Waals surface area contributed by atoms with Gasteiger partial charge in [0.2, 0.25) is 21.8 Å². The first-order valence-electron chi connectivity index (χ1n) is 13.1. The summed E-state index contributed by atoms with van der Waals surface area (Å²) in [4.78, 5) is 28.0. The van der Waals surface area contributed by atoms with Crippen molar-refractivity contribution in [3.05, 3.63) is 94.0 Å². The van der Waals surface area contributed by atoms with E-state index in [-0.39, 0.29) is 24.1 Å². The Bertz CT molecular complexity index is 1410. The van der Waals surface area contributed by atoms with Crippen LogP contribution in [0.3, 0.4) is 0 Å². The van der Waals surface area contributed by atoms with E-state index in [1.807, 2.05) is 44.2 Å². The van der Waals surface area contributed by atoms with Gasteiger partial charge in [-0.3, -0.25) is 13.9 Å². The lowest BCUT2D eigenvalue weighted by Gasteiger charge is -2.32. The van der Waals surface area contributed by atoms with Crippen molar-refractivity contribution in [2.45, 2.75) is 40.0 Å². The number of rotatable bonds is 13. The third-order valence-electron chi connectivity index (χ3n) is 6.29. The number of nitrogens with zero attached hydrogens (tertiary/aromatic N) is 2. The molecule has 0 spiro atoms. The lowest BCUT2D eigenvalue weighted by molar-refractivity contribution is -0.139. The van der Waals surface area contributed by atoms with E-state index in [1.165, 1.54) is 4.90 Å². The molecular weight excluding hydrogens is 585 g/mol. The molecule has 0 aromatic heterocycles. The Labute approximate surface area is 252 Å². The molecule has 8 nitrogen and oxygen atoms in total. The summed E-state index contributed by atoms with van der Waals surface area (Å²) in [5.41, 5.74) is 1.73.